The van der Waals surface area contributed by atoms with Crippen molar-refractivity contribution in [1.29, 1.82) is 5.41 Å². The van der Waals surface area contributed by atoms with Gasteiger partial charge < -0.3 is 17.2 Å². The molecule has 0 aliphatic rings. The van der Waals surface area contributed by atoms with Gasteiger partial charge in [-0.1, -0.05) is 0 Å². The summed E-state index contributed by atoms with van der Waals surface area (Å²) in [5.41, 5.74) is 12.9. The SMILES string of the molecule is N=CN.NC(N)=O. The van der Waals surface area contributed by atoms with E-state index in [0.29, 0.717) is 0 Å². The van der Waals surface area contributed by atoms with E-state index in [4.69, 9.17) is 10.2 Å². The van der Waals surface area contributed by atoms with Crippen LogP contribution in [0.4, 0.5) is 4.79 Å². The molecule has 0 aromatic heterocycles. The average Bonchev–Trinajstić information content (AvgIpc) is 1.33. The van der Waals surface area contributed by atoms with Crippen molar-refractivity contribution in [3.63, 3.8) is 0 Å². The van der Waals surface area contributed by atoms with Crippen LogP contribution in [0.25, 0.3) is 0 Å². The summed E-state index contributed by atoms with van der Waals surface area (Å²) in [5, 5.41) is 5.86. The second-order valence-corrected chi connectivity index (χ2v) is 0.569. The summed E-state index contributed by atoms with van der Waals surface area (Å²) < 4.78 is 0. The van der Waals surface area contributed by atoms with Gasteiger partial charge in [0.15, 0.2) is 0 Å². The summed E-state index contributed by atoms with van der Waals surface area (Å²) in [5.74, 6) is 0. The number of carbonyl (C=O) groups is 1. The van der Waals surface area contributed by atoms with E-state index in [1.165, 1.54) is 0 Å². The Bertz CT molecular complexity index is 56.7. The number of primary amides is 2. The number of urea groups is 1. The van der Waals surface area contributed by atoms with Gasteiger partial charge in [-0.15, -0.1) is 0 Å². The average molecular weight is 104 g/mol. The predicted octanol–water partition coefficient (Wildman–Crippen LogP) is -1.42. The fraction of sp³-hybridized carbons (Fsp3) is 0. The zero-order chi connectivity index (χ0) is 6.28. The van der Waals surface area contributed by atoms with Crippen molar-refractivity contribution in [2.75, 3.05) is 0 Å². The van der Waals surface area contributed by atoms with Crippen molar-refractivity contribution in [3.05, 3.63) is 0 Å². The fourth-order valence-electron chi connectivity index (χ4n) is 0. The lowest BCUT2D eigenvalue weighted by Gasteiger charge is -1.62. The molecule has 7 N–H and O–H groups in total. The third kappa shape index (κ3) is 22.4. The summed E-state index contributed by atoms with van der Waals surface area (Å²) >= 11 is 0. The van der Waals surface area contributed by atoms with Crippen LogP contribution >= 0.6 is 0 Å². The van der Waals surface area contributed by atoms with Gasteiger partial charge in [0.2, 0.25) is 0 Å². The first kappa shape index (κ1) is 9.22. The van der Waals surface area contributed by atoms with Gasteiger partial charge in [0.1, 0.15) is 0 Å². The van der Waals surface area contributed by atoms with E-state index in [1.807, 2.05) is 0 Å². The van der Waals surface area contributed by atoms with Crippen LogP contribution in [0.15, 0.2) is 0 Å². The molecule has 0 aliphatic carbocycles. The molecule has 0 atom stereocenters. The van der Waals surface area contributed by atoms with Gasteiger partial charge >= 0.3 is 6.03 Å². The molecule has 0 bridgehead atoms. The number of carbonyl (C=O) groups excluding carboxylic acids is 1. The highest BCUT2D eigenvalue weighted by molar-refractivity contribution is 5.69. The monoisotopic (exact) mass is 104 g/mol. The van der Waals surface area contributed by atoms with Gasteiger partial charge in [-0.2, -0.15) is 0 Å². The first-order chi connectivity index (χ1) is 3.15. The van der Waals surface area contributed by atoms with Crippen LogP contribution in [0.3, 0.4) is 0 Å². The molecular formula is C2H8N4O. The Hall–Kier alpha value is -1.26. The molecule has 7 heavy (non-hydrogen) atoms. The van der Waals surface area contributed by atoms with E-state index in [0.717, 1.165) is 6.34 Å². The summed E-state index contributed by atoms with van der Waals surface area (Å²) in [6.07, 6.45) is 0.750. The quantitative estimate of drug-likeness (QED) is 0.223. The molecule has 0 heterocycles. The maximum atomic E-state index is 9.00. The van der Waals surface area contributed by atoms with E-state index in [-0.39, 0.29) is 0 Å². The van der Waals surface area contributed by atoms with Crippen LogP contribution in [0.5, 0.6) is 0 Å². The molecule has 42 valence electrons. The number of rotatable bonds is 0. The van der Waals surface area contributed by atoms with Crippen molar-refractivity contribution in [2.45, 2.75) is 0 Å². The molecule has 2 amide bonds. The van der Waals surface area contributed by atoms with E-state index >= 15 is 0 Å². The molecule has 0 saturated heterocycles. The molecule has 0 radical (unpaired) electrons. The smallest absolute Gasteiger partial charge is 0.309 e. The van der Waals surface area contributed by atoms with Crippen molar-refractivity contribution < 1.29 is 4.79 Å². The highest BCUT2D eigenvalue weighted by atomic mass is 16.2. The van der Waals surface area contributed by atoms with Gasteiger partial charge in [-0.25, -0.2) is 4.79 Å². The maximum absolute atomic E-state index is 9.00. The molecule has 0 aliphatic heterocycles. The molecule has 0 fully saturated rings. The molecular weight excluding hydrogens is 96.0 g/mol. The van der Waals surface area contributed by atoms with E-state index in [2.05, 4.69) is 17.2 Å². The number of nitrogens with two attached hydrogens (primary N) is 3. The third-order valence-corrected chi connectivity index (χ3v) is 0. The summed E-state index contributed by atoms with van der Waals surface area (Å²) in [7, 11) is 0. The highest BCUT2D eigenvalue weighted by Gasteiger charge is 1.60. The molecule has 0 spiro atoms. The molecule has 0 aromatic carbocycles. The van der Waals surface area contributed by atoms with Crippen molar-refractivity contribution >= 4 is 12.4 Å². The van der Waals surface area contributed by atoms with E-state index < -0.39 is 6.03 Å². The standard InChI is InChI=1S/CH4N2O.CH4N2/c2-1(3)4;2-1-3/h(H4,2,3,4);1H,(H3,2,3). The van der Waals surface area contributed by atoms with E-state index in [1.54, 1.807) is 0 Å². The zero-order valence-corrected chi connectivity index (χ0v) is 3.72. The lowest BCUT2D eigenvalue weighted by Crippen LogP contribution is -2.18. The summed E-state index contributed by atoms with van der Waals surface area (Å²) in [4.78, 5) is 9.00. The van der Waals surface area contributed by atoms with Crippen LogP contribution < -0.4 is 17.2 Å². The van der Waals surface area contributed by atoms with Crippen molar-refractivity contribution in [2.24, 2.45) is 17.2 Å². The second kappa shape index (κ2) is 8.83. The van der Waals surface area contributed by atoms with Crippen molar-refractivity contribution in [1.82, 2.24) is 0 Å². The molecule has 0 rings (SSSR count). The predicted molar refractivity (Wildman–Crippen MR) is 26.7 cm³/mol. The van der Waals surface area contributed by atoms with Crippen LogP contribution in [0.1, 0.15) is 0 Å². The Morgan fingerprint density at radius 1 is 1.57 bits per heavy atom. The Morgan fingerprint density at radius 3 is 1.57 bits per heavy atom. The number of nitrogens with one attached hydrogen (secondary N) is 1. The third-order valence-electron chi connectivity index (χ3n) is 0. The molecule has 5 nitrogen and oxygen atoms in total. The number of amides is 2. The van der Waals surface area contributed by atoms with E-state index in [9.17, 15) is 0 Å². The first-order valence-corrected chi connectivity index (χ1v) is 1.40. The minimum atomic E-state index is -0.833. The summed E-state index contributed by atoms with van der Waals surface area (Å²) in [6, 6.07) is -0.833. The number of hydrogen-bond acceptors (Lipinski definition) is 2. The second-order valence-electron chi connectivity index (χ2n) is 0.569. The normalized spacial score (nSPS) is 5.14. The zero-order valence-electron chi connectivity index (χ0n) is 3.72. The summed E-state index contributed by atoms with van der Waals surface area (Å²) in [6.45, 7) is 0. The molecule has 0 aromatic rings. The fourth-order valence-corrected chi connectivity index (χ4v) is 0. The largest absolute Gasteiger partial charge is 0.390 e. The maximum Gasteiger partial charge on any atom is 0.309 e. The Morgan fingerprint density at radius 2 is 1.57 bits per heavy atom. The molecule has 5 heteroatoms. The Kier molecular flexibility index (Phi) is 11.6. The van der Waals surface area contributed by atoms with Gasteiger partial charge in [-0.3, -0.25) is 5.41 Å². The first-order valence-electron chi connectivity index (χ1n) is 1.40. The van der Waals surface area contributed by atoms with Gasteiger partial charge in [0.25, 0.3) is 0 Å². The minimum absolute atomic E-state index is 0.750. The van der Waals surface area contributed by atoms with Crippen LogP contribution in [0, 0.1) is 5.41 Å². The van der Waals surface area contributed by atoms with Crippen LogP contribution in [-0.4, -0.2) is 12.4 Å². The van der Waals surface area contributed by atoms with Crippen LogP contribution in [0.2, 0.25) is 0 Å². The lowest BCUT2D eigenvalue weighted by molar-refractivity contribution is 0.256. The number of hydrogen-bond donors (Lipinski definition) is 4. The van der Waals surface area contributed by atoms with Crippen LogP contribution in [-0.2, 0) is 0 Å². The Balaban J connectivity index is 0. The minimum Gasteiger partial charge on any atom is -0.390 e. The van der Waals surface area contributed by atoms with Crippen molar-refractivity contribution in [3.8, 4) is 0 Å². The van der Waals surface area contributed by atoms with Gasteiger partial charge in [-0.05, 0) is 0 Å². The molecule has 0 unspecified atom stereocenters. The van der Waals surface area contributed by atoms with Gasteiger partial charge in [0.05, 0.1) is 6.34 Å². The Labute approximate surface area is 41.0 Å². The highest BCUT2D eigenvalue weighted by Crippen LogP contribution is 1.25. The van der Waals surface area contributed by atoms with Gasteiger partial charge in [0, 0.05) is 0 Å². The lowest BCUT2D eigenvalue weighted by atomic mass is 11.2. The molecule has 0 saturated carbocycles. The topological polar surface area (TPSA) is 119 Å².